The largest absolute Gasteiger partial charge is 0.367 e. The summed E-state index contributed by atoms with van der Waals surface area (Å²) >= 11 is 7.87. The van der Waals surface area contributed by atoms with Gasteiger partial charge in [-0.3, -0.25) is 0 Å². The van der Waals surface area contributed by atoms with Crippen molar-refractivity contribution in [3.05, 3.63) is 59.3 Å². The number of halogens is 3. The van der Waals surface area contributed by atoms with Crippen molar-refractivity contribution in [2.45, 2.75) is 0 Å². The summed E-state index contributed by atoms with van der Waals surface area (Å²) < 4.78 is 31.8. The SMILES string of the molecule is CSN(C)c1ccccc1Nc1nc(Nc2ccc(N3CCN(C)CC3)c(F)c2F)ncc1Cl. The number of hydrogen-bond donors (Lipinski definition) is 2. The summed E-state index contributed by atoms with van der Waals surface area (Å²) in [4.78, 5) is 12.5. The van der Waals surface area contributed by atoms with Crippen LogP contribution in [0.25, 0.3) is 0 Å². The molecule has 2 heterocycles. The molecule has 0 atom stereocenters. The molecule has 0 saturated carbocycles. The molecule has 34 heavy (non-hydrogen) atoms. The van der Waals surface area contributed by atoms with Crippen molar-refractivity contribution < 1.29 is 8.78 Å². The molecule has 0 radical (unpaired) electrons. The normalized spacial score (nSPS) is 14.2. The van der Waals surface area contributed by atoms with Crippen molar-refractivity contribution in [3.8, 4) is 0 Å². The lowest BCUT2D eigenvalue weighted by molar-refractivity contribution is 0.311. The number of nitrogens with zero attached hydrogens (tertiary/aromatic N) is 5. The molecule has 2 N–H and O–H groups in total. The van der Waals surface area contributed by atoms with Gasteiger partial charge >= 0.3 is 0 Å². The number of aromatic nitrogens is 2. The van der Waals surface area contributed by atoms with E-state index in [1.807, 2.05) is 53.8 Å². The molecular formula is C23H26ClF2N7S. The highest BCUT2D eigenvalue weighted by atomic mass is 35.5. The number of hydrogen-bond acceptors (Lipinski definition) is 8. The Balaban J connectivity index is 1.56. The van der Waals surface area contributed by atoms with Gasteiger partial charge < -0.3 is 24.7 Å². The zero-order valence-electron chi connectivity index (χ0n) is 19.1. The van der Waals surface area contributed by atoms with E-state index in [1.54, 1.807) is 18.0 Å². The summed E-state index contributed by atoms with van der Waals surface area (Å²) in [5.74, 6) is -1.43. The van der Waals surface area contributed by atoms with Crippen molar-refractivity contribution in [2.75, 3.05) is 66.4 Å². The van der Waals surface area contributed by atoms with Gasteiger partial charge in [-0.05, 0) is 31.3 Å². The van der Waals surface area contributed by atoms with Crippen LogP contribution in [0, 0.1) is 11.6 Å². The van der Waals surface area contributed by atoms with Crippen LogP contribution in [0.1, 0.15) is 0 Å². The summed E-state index contributed by atoms with van der Waals surface area (Å²) in [6, 6.07) is 10.8. The van der Waals surface area contributed by atoms with E-state index in [-0.39, 0.29) is 17.3 Å². The van der Waals surface area contributed by atoms with Gasteiger partial charge in [-0.25, -0.2) is 13.8 Å². The van der Waals surface area contributed by atoms with Gasteiger partial charge in [-0.15, -0.1) is 0 Å². The standard InChI is InChI=1S/C23H26ClF2N7S/c1-31-10-12-33(13-11-31)19-9-8-17(20(25)21(19)26)29-23-27-14-15(24)22(30-23)28-16-6-4-5-7-18(16)32(2)34-3/h4-9,14H,10-13H2,1-3H3,(H2,27,28,29,30). The maximum atomic E-state index is 14.9. The Kier molecular flexibility index (Phi) is 7.60. The molecule has 11 heteroatoms. The number of rotatable bonds is 7. The molecule has 180 valence electrons. The van der Waals surface area contributed by atoms with Crippen LogP contribution >= 0.6 is 23.5 Å². The van der Waals surface area contributed by atoms with Crippen LogP contribution in [0.15, 0.2) is 42.6 Å². The minimum Gasteiger partial charge on any atom is -0.367 e. The van der Waals surface area contributed by atoms with E-state index in [0.29, 0.717) is 23.9 Å². The zero-order chi connectivity index (χ0) is 24.2. The second kappa shape index (κ2) is 10.6. The van der Waals surface area contributed by atoms with Gasteiger partial charge in [-0.2, -0.15) is 4.98 Å². The molecule has 2 aromatic carbocycles. The number of piperazine rings is 1. The van der Waals surface area contributed by atoms with Crippen molar-refractivity contribution in [3.63, 3.8) is 0 Å². The second-order valence-corrected chi connectivity index (χ2v) is 9.21. The van der Waals surface area contributed by atoms with Crippen LogP contribution in [0.2, 0.25) is 5.02 Å². The first-order valence-corrected chi connectivity index (χ1v) is 12.3. The third-order valence-corrected chi connectivity index (χ3v) is 6.69. The molecule has 1 saturated heterocycles. The van der Waals surface area contributed by atoms with E-state index >= 15 is 0 Å². The Morgan fingerprint density at radius 2 is 1.74 bits per heavy atom. The van der Waals surface area contributed by atoms with Crippen molar-refractivity contribution in [1.29, 1.82) is 0 Å². The molecule has 0 bridgehead atoms. The predicted molar refractivity (Wildman–Crippen MR) is 138 cm³/mol. The van der Waals surface area contributed by atoms with Gasteiger partial charge in [-0.1, -0.05) is 35.7 Å². The smallest absolute Gasteiger partial charge is 0.229 e. The number of nitrogens with one attached hydrogen (secondary N) is 2. The van der Waals surface area contributed by atoms with Crippen molar-refractivity contribution in [1.82, 2.24) is 14.9 Å². The van der Waals surface area contributed by atoms with Crippen LogP contribution in [0.4, 0.5) is 43.3 Å². The maximum Gasteiger partial charge on any atom is 0.229 e. The van der Waals surface area contributed by atoms with Crippen molar-refractivity contribution >= 4 is 58.1 Å². The van der Waals surface area contributed by atoms with E-state index in [0.717, 1.165) is 24.5 Å². The predicted octanol–water partition coefficient (Wildman–Crippen LogP) is 5.36. The van der Waals surface area contributed by atoms with E-state index in [2.05, 4.69) is 25.5 Å². The third kappa shape index (κ3) is 5.29. The first-order chi connectivity index (χ1) is 16.4. The molecule has 1 aliphatic rings. The summed E-state index contributed by atoms with van der Waals surface area (Å²) in [5.41, 5.74) is 1.93. The molecule has 4 rings (SSSR count). The Bertz CT molecular complexity index is 1160. The Labute approximate surface area is 207 Å². The zero-order valence-corrected chi connectivity index (χ0v) is 20.7. The van der Waals surface area contributed by atoms with Gasteiger partial charge in [0.05, 0.1) is 28.9 Å². The van der Waals surface area contributed by atoms with E-state index in [4.69, 9.17) is 11.6 Å². The van der Waals surface area contributed by atoms with E-state index < -0.39 is 11.6 Å². The lowest BCUT2D eigenvalue weighted by Crippen LogP contribution is -2.44. The number of likely N-dealkylation sites (N-methyl/N-ethyl adjacent to an activating group) is 1. The molecule has 7 nitrogen and oxygen atoms in total. The Morgan fingerprint density at radius 3 is 2.47 bits per heavy atom. The highest BCUT2D eigenvalue weighted by molar-refractivity contribution is 7.99. The molecule has 0 aliphatic carbocycles. The summed E-state index contributed by atoms with van der Waals surface area (Å²) in [7, 11) is 3.96. The monoisotopic (exact) mass is 505 g/mol. The van der Waals surface area contributed by atoms with Gasteiger partial charge in [0.15, 0.2) is 17.5 Å². The van der Waals surface area contributed by atoms with E-state index in [1.165, 1.54) is 12.3 Å². The highest BCUT2D eigenvalue weighted by Crippen LogP contribution is 2.33. The Hall–Kier alpha value is -2.82. The van der Waals surface area contributed by atoms with Gasteiger partial charge in [0.1, 0.15) is 5.02 Å². The average molecular weight is 506 g/mol. The lowest BCUT2D eigenvalue weighted by Gasteiger charge is -2.34. The lowest BCUT2D eigenvalue weighted by atomic mass is 10.2. The third-order valence-electron chi connectivity index (χ3n) is 5.67. The molecule has 3 aromatic rings. The molecule has 1 fully saturated rings. The molecule has 1 aliphatic heterocycles. The first-order valence-electron chi connectivity index (χ1n) is 10.7. The van der Waals surface area contributed by atoms with Gasteiger partial charge in [0, 0.05) is 39.5 Å². The first kappa shape index (κ1) is 24.3. The fourth-order valence-electron chi connectivity index (χ4n) is 3.64. The topological polar surface area (TPSA) is 59.6 Å². The van der Waals surface area contributed by atoms with Crippen LogP contribution in [0.3, 0.4) is 0 Å². The number of para-hydroxylation sites is 2. The van der Waals surface area contributed by atoms with Crippen LogP contribution in [-0.4, -0.2) is 61.4 Å². The van der Waals surface area contributed by atoms with Gasteiger partial charge in [0.25, 0.3) is 0 Å². The maximum absolute atomic E-state index is 14.9. The van der Waals surface area contributed by atoms with E-state index in [9.17, 15) is 8.78 Å². The minimum atomic E-state index is -0.976. The molecular weight excluding hydrogens is 480 g/mol. The molecule has 1 aromatic heterocycles. The molecule has 0 spiro atoms. The molecule has 0 unspecified atom stereocenters. The van der Waals surface area contributed by atoms with Crippen LogP contribution < -0.4 is 19.8 Å². The second-order valence-electron chi connectivity index (χ2n) is 7.89. The minimum absolute atomic E-state index is 0.0498. The fourth-order valence-corrected chi connectivity index (χ4v) is 4.14. The van der Waals surface area contributed by atoms with Crippen LogP contribution in [0.5, 0.6) is 0 Å². The highest BCUT2D eigenvalue weighted by Gasteiger charge is 2.22. The number of benzene rings is 2. The summed E-state index contributed by atoms with van der Waals surface area (Å²) in [6.45, 7) is 2.88. The summed E-state index contributed by atoms with van der Waals surface area (Å²) in [5, 5.41) is 6.28. The number of anilines is 6. The van der Waals surface area contributed by atoms with Gasteiger partial charge in [0.2, 0.25) is 5.95 Å². The van der Waals surface area contributed by atoms with Crippen LogP contribution in [-0.2, 0) is 0 Å². The van der Waals surface area contributed by atoms with Crippen molar-refractivity contribution in [2.24, 2.45) is 0 Å². The quantitative estimate of drug-likeness (QED) is 0.416. The Morgan fingerprint density at radius 1 is 1.00 bits per heavy atom. The summed E-state index contributed by atoms with van der Waals surface area (Å²) in [6.07, 6.45) is 3.38. The molecule has 0 amide bonds. The average Bonchev–Trinajstić information content (AvgIpc) is 2.85. The fraction of sp³-hybridized carbons (Fsp3) is 0.304.